The summed E-state index contributed by atoms with van der Waals surface area (Å²) in [5.74, 6) is 0.203. The predicted molar refractivity (Wildman–Crippen MR) is 71.6 cm³/mol. The highest BCUT2D eigenvalue weighted by Crippen LogP contribution is 2.21. The Bertz CT molecular complexity index is 302. The van der Waals surface area contributed by atoms with Gasteiger partial charge in [-0.05, 0) is 25.2 Å². The van der Waals surface area contributed by atoms with E-state index in [4.69, 9.17) is 5.73 Å². The molecule has 0 saturated heterocycles. The Kier molecular flexibility index (Phi) is 4.75. The van der Waals surface area contributed by atoms with Gasteiger partial charge in [-0.3, -0.25) is 4.79 Å². The minimum absolute atomic E-state index is 0.0197. The molecule has 1 aliphatic heterocycles. The summed E-state index contributed by atoms with van der Waals surface area (Å²) in [5, 5.41) is 0. The van der Waals surface area contributed by atoms with Crippen molar-refractivity contribution in [3.63, 3.8) is 0 Å². The fourth-order valence-corrected chi connectivity index (χ4v) is 2.34. The van der Waals surface area contributed by atoms with Crippen LogP contribution >= 0.6 is 0 Å². The molecule has 1 atom stereocenters. The summed E-state index contributed by atoms with van der Waals surface area (Å²) in [5.41, 5.74) is 7.52. The van der Waals surface area contributed by atoms with E-state index in [1.54, 1.807) is 0 Å². The van der Waals surface area contributed by atoms with Gasteiger partial charge in [0.1, 0.15) is 0 Å². The van der Waals surface area contributed by atoms with Crippen molar-refractivity contribution in [3.8, 4) is 0 Å². The van der Waals surface area contributed by atoms with Crippen molar-refractivity contribution in [2.75, 3.05) is 13.1 Å². The van der Waals surface area contributed by atoms with Crippen LogP contribution in [0, 0.1) is 5.41 Å². The SMILES string of the molecule is CC1=CCCN(C(=O)CC(N)CC(C)(C)C)C1. The van der Waals surface area contributed by atoms with E-state index >= 15 is 0 Å². The van der Waals surface area contributed by atoms with E-state index in [1.807, 2.05) is 4.90 Å². The van der Waals surface area contributed by atoms with Crippen molar-refractivity contribution in [1.82, 2.24) is 4.90 Å². The number of nitrogens with zero attached hydrogens (tertiary/aromatic N) is 1. The molecule has 3 heteroatoms. The summed E-state index contributed by atoms with van der Waals surface area (Å²) in [6.45, 7) is 10.2. The maximum atomic E-state index is 12.1. The molecule has 0 aliphatic carbocycles. The van der Waals surface area contributed by atoms with Crippen molar-refractivity contribution in [2.45, 2.75) is 53.0 Å². The summed E-state index contributed by atoms with van der Waals surface area (Å²) >= 11 is 0. The Morgan fingerprint density at radius 1 is 1.53 bits per heavy atom. The van der Waals surface area contributed by atoms with Gasteiger partial charge >= 0.3 is 0 Å². The zero-order valence-electron chi connectivity index (χ0n) is 11.6. The molecular formula is C14H26N2O. The molecule has 1 aliphatic rings. The van der Waals surface area contributed by atoms with Crippen molar-refractivity contribution in [2.24, 2.45) is 11.1 Å². The van der Waals surface area contributed by atoms with Gasteiger partial charge < -0.3 is 10.6 Å². The second kappa shape index (κ2) is 5.67. The van der Waals surface area contributed by atoms with Crippen LogP contribution in [-0.4, -0.2) is 29.9 Å². The minimum Gasteiger partial charge on any atom is -0.338 e. The van der Waals surface area contributed by atoms with Crippen LogP contribution in [0.1, 0.15) is 47.0 Å². The Morgan fingerprint density at radius 2 is 2.18 bits per heavy atom. The third kappa shape index (κ3) is 5.35. The molecule has 98 valence electrons. The van der Waals surface area contributed by atoms with Gasteiger partial charge in [0.2, 0.25) is 5.91 Å². The van der Waals surface area contributed by atoms with E-state index in [9.17, 15) is 4.79 Å². The standard InChI is InChI=1S/C14H26N2O/c1-11-6-5-7-16(10-11)13(17)8-12(15)9-14(2,3)4/h6,12H,5,7-10,15H2,1-4H3. The molecule has 3 nitrogen and oxygen atoms in total. The number of hydrogen-bond acceptors (Lipinski definition) is 2. The third-order valence-corrected chi connectivity index (χ3v) is 3.00. The van der Waals surface area contributed by atoms with E-state index in [1.165, 1.54) is 5.57 Å². The van der Waals surface area contributed by atoms with Gasteiger partial charge in [0.15, 0.2) is 0 Å². The Labute approximate surface area is 105 Å². The molecule has 0 spiro atoms. The molecule has 0 bridgehead atoms. The summed E-state index contributed by atoms with van der Waals surface area (Å²) in [4.78, 5) is 14.0. The van der Waals surface area contributed by atoms with Crippen LogP contribution in [0.5, 0.6) is 0 Å². The molecule has 1 unspecified atom stereocenters. The molecule has 0 saturated carbocycles. The topological polar surface area (TPSA) is 46.3 Å². The van der Waals surface area contributed by atoms with Crippen LogP contribution in [0.2, 0.25) is 0 Å². The van der Waals surface area contributed by atoms with Gasteiger partial charge in [0, 0.05) is 25.6 Å². The highest BCUT2D eigenvalue weighted by atomic mass is 16.2. The van der Waals surface area contributed by atoms with E-state index in [0.717, 1.165) is 25.9 Å². The summed E-state index contributed by atoms with van der Waals surface area (Å²) in [6, 6.07) is -0.0197. The van der Waals surface area contributed by atoms with E-state index in [0.29, 0.717) is 6.42 Å². The largest absolute Gasteiger partial charge is 0.338 e. The first kappa shape index (κ1) is 14.2. The van der Waals surface area contributed by atoms with Gasteiger partial charge in [-0.15, -0.1) is 0 Å². The zero-order chi connectivity index (χ0) is 13.1. The maximum absolute atomic E-state index is 12.1. The monoisotopic (exact) mass is 238 g/mol. The fourth-order valence-electron chi connectivity index (χ4n) is 2.34. The molecule has 1 rings (SSSR count). The Balaban J connectivity index is 2.41. The lowest BCUT2D eigenvalue weighted by Gasteiger charge is -2.29. The number of carbonyl (C=O) groups is 1. The van der Waals surface area contributed by atoms with Crippen molar-refractivity contribution in [1.29, 1.82) is 0 Å². The molecule has 1 heterocycles. The van der Waals surface area contributed by atoms with Gasteiger partial charge in [-0.2, -0.15) is 0 Å². The van der Waals surface area contributed by atoms with Gasteiger partial charge in [-0.1, -0.05) is 32.4 Å². The Morgan fingerprint density at radius 3 is 2.71 bits per heavy atom. The van der Waals surface area contributed by atoms with Gasteiger partial charge in [0.25, 0.3) is 0 Å². The number of carbonyl (C=O) groups excluding carboxylic acids is 1. The quantitative estimate of drug-likeness (QED) is 0.767. The number of nitrogens with two attached hydrogens (primary N) is 1. The average Bonchev–Trinajstić information content (AvgIpc) is 2.14. The first-order valence-corrected chi connectivity index (χ1v) is 6.47. The Hall–Kier alpha value is -0.830. The van der Waals surface area contributed by atoms with E-state index in [-0.39, 0.29) is 17.4 Å². The first-order valence-electron chi connectivity index (χ1n) is 6.47. The lowest BCUT2D eigenvalue weighted by atomic mass is 9.87. The molecular weight excluding hydrogens is 212 g/mol. The van der Waals surface area contributed by atoms with Crippen molar-refractivity contribution < 1.29 is 4.79 Å². The van der Waals surface area contributed by atoms with Gasteiger partial charge in [0.05, 0.1) is 0 Å². The zero-order valence-corrected chi connectivity index (χ0v) is 11.6. The first-order chi connectivity index (χ1) is 7.78. The van der Waals surface area contributed by atoms with Crippen molar-refractivity contribution in [3.05, 3.63) is 11.6 Å². The molecule has 0 aromatic carbocycles. The number of hydrogen-bond donors (Lipinski definition) is 1. The lowest BCUT2D eigenvalue weighted by Crippen LogP contribution is -2.39. The lowest BCUT2D eigenvalue weighted by molar-refractivity contribution is -0.131. The highest BCUT2D eigenvalue weighted by molar-refractivity contribution is 5.77. The predicted octanol–water partition coefficient (Wildman–Crippen LogP) is 2.32. The summed E-state index contributed by atoms with van der Waals surface area (Å²) in [7, 11) is 0. The normalized spacial score (nSPS) is 18.9. The smallest absolute Gasteiger partial charge is 0.224 e. The molecule has 0 fully saturated rings. The maximum Gasteiger partial charge on any atom is 0.224 e. The molecule has 17 heavy (non-hydrogen) atoms. The summed E-state index contributed by atoms with van der Waals surface area (Å²) in [6.07, 6.45) is 4.55. The average molecular weight is 238 g/mol. The molecule has 1 amide bonds. The van der Waals surface area contributed by atoms with E-state index in [2.05, 4.69) is 33.8 Å². The van der Waals surface area contributed by atoms with Gasteiger partial charge in [-0.25, -0.2) is 0 Å². The second-order valence-electron chi connectivity index (χ2n) is 6.38. The fraction of sp³-hybridized carbons (Fsp3) is 0.786. The van der Waals surface area contributed by atoms with Crippen LogP contribution in [0.15, 0.2) is 11.6 Å². The molecule has 2 N–H and O–H groups in total. The number of rotatable bonds is 3. The minimum atomic E-state index is -0.0197. The van der Waals surface area contributed by atoms with E-state index < -0.39 is 0 Å². The summed E-state index contributed by atoms with van der Waals surface area (Å²) < 4.78 is 0. The highest BCUT2D eigenvalue weighted by Gasteiger charge is 2.22. The molecule has 0 aromatic heterocycles. The number of amides is 1. The van der Waals surface area contributed by atoms with Crippen LogP contribution in [-0.2, 0) is 4.79 Å². The van der Waals surface area contributed by atoms with Crippen LogP contribution in [0.25, 0.3) is 0 Å². The second-order valence-corrected chi connectivity index (χ2v) is 6.38. The van der Waals surface area contributed by atoms with Crippen LogP contribution < -0.4 is 5.73 Å². The molecule has 0 aromatic rings. The van der Waals surface area contributed by atoms with Crippen LogP contribution in [0.4, 0.5) is 0 Å². The van der Waals surface area contributed by atoms with Crippen LogP contribution in [0.3, 0.4) is 0 Å². The van der Waals surface area contributed by atoms with Crippen molar-refractivity contribution >= 4 is 5.91 Å². The third-order valence-electron chi connectivity index (χ3n) is 3.00. The molecule has 0 radical (unpaired) electrons.